The molecule has 5 nitrogen and oxygen atoms in total. The Hall–Kier alpha value is -2.99. The number of furan rings is 1. The molecule has 138 valence electrons. The molecule has 1 aromatic heterocycles. The van der Waals surface area contributed by atoms with Gasteiger partial charge in [0.1, 0.15) is 0 Å². The standard InChI is InChI=1S/C21H20N2O3S/c1-14-7-3-4-10-18(14)23-20(24)15(2)27-17-9-5-8-16(13-17)22-21(25)19-11-6-12-26-19/h3-13,15H,1-2H3,(H,22,25)(H,23,24). The van der Waals surface area contributed by atoms with Crippen LogP contribution in [-0.2, 0) is 4.79 Å². The van der Waals surface area contributed by atoms with Gasteiger partial charge in [-0.3, -0.25) is 9.59 Å². The first-order valence-electron chi connectivity index (χ1n) is 8.51. The minimum absolute atomic E-state index is 0.0701. The van der Waals surface area contributed by atoms with E-state index in [1.807, 2.05) is 56.3 Å². The molecular formula is C21H20N2O3S. The number of aryl methyl sites for hydroxylation is 1. The number of hydrogen-bond acceptors (Lipinski definition) is 4. The first-order valence-corrected chi connectivity index (χ1v) is 9.39. The number of rotatable bonds is 6. The van der Waals surface area contributed by atoms with Crippen molar-refractivity contribution in [1.82, 2.24) is 0 Å². The van der Waals surface area contributed by atoms with E-state index in [4.69, 9.17) is 4.42 Å². The summed E-state index contributed by atoms with van der Waals surface area (Å²) in [4.78, 5) is 25.4. The molecule has 2 aromatic carbocycles. The monoisotopic (exact) mass is 380 g/mol. The zero-order valence-corrected chi connectivity index (χ0v) is 15.9. The van der Waals surface area contributed by atoms with Crippen molar-refractivity contribution in [1.29, 1.82) is 0 Å². The van der Waals surface area contributed by atoms with Crippen LogP contribution in [-0.4, -0.2) is 17.1 Å². The molecule has 1 atom stereocenters. The second-order valence-electron chi connectivity index (χ2n) is 6.02. The average Bonchev–Trinajstić information content (AvgIpc) is 3.19. The molecule has 0 spiro atoms. The summed E-state index contributed by atoms with van der Waals surface area (Å²) in [5.41, 5.74) is 2.48. The number of thioether (sulfide) groups is 1. The zero-order valence-electron chi connectivity index (χ0n) is 15.1. The molecule has 1 heterocycles. The molecule has 0 saturated carbocycles. The number of carbonyl (C=O) groups excluding carboxylic acids is 2. The van der Waals surface area contributed by atoms with Gasteiger partial charge in [0.2, 0.25) is 5.91 Å². The van der Waals surface area contributed by atoms with E-state index in [1.54, 1.807) is 18.2 Å². The maximum Gasteiger partial charge on any atom is 0.291 e. The Kier molecular flexibility index (Phi) is 5.98. The molecule has 0 saturated heterocycles. The largest absolute Gasteiger partial charge is 0.459 e. The van der Waals surface area contributed by atoms with Gasteiger partial charge >= 0.3 is 0 Å². The molecule has 0 aliphatic rings. The van der Waals surface area contributed by atoms with Crippen LogP contribution in [0, 0.1) is 6.92 Å². The fourth-order valence-corrected chi connectivity index (χ4v) is 3.38. The summed E-state index contributed by atoms with van der Waals surface area (Å²) in [6, 6.07) is 18.3. The number of amides is 2. The summed E-state index contributed by atoms with van der Waals surface area (Å²) in [5.74, 6) is -0.133. The van der Waals surface area contributed by atoms with E-state index in [1.165, 1.54) is 18.0 Å². The molecule has 3 aromatic rings. The van der Waals surface area contributed by atoms with E-state index in [-0.39, 0.29) is 22.8 Å². The third kappa shape index (κ3) is 5.01. The van der Waals surface area contributed by atoms with Crippen LogP contribution < -0.4 is 10.6 Å². The molecule has 1 unspecified atom stereocenters. The van der Waals surface area contributed by atoms with E-state index in [0.717, 1.165) is 16.1 Å². The molecule has 3 rings (SSSR count). The lowest BCUT2D eigenvalue weighted by Crippen LogP contribution is -2.22. The molecule has 0 fully saturated rings. The minimum atomic E-state index is -0.313. The topological polar surface area (TPSA) is 71.3 Å². The lowest BCUT2D eigenvalue weighted by Gasteiger charge is -2.14. The number of anilines is 2. The lowest BCUT2D eigenvalue weighted by atomic mass is 10.2. The molecule has 0 aliphatic heterocycles. The second kappa shape index (κ2) is 8.60. The smallest absolute Gasteiger partial charge is 0.291 e. The first kappa shape index (κ1) is 18.8. The summed E-state index contributed by atoms with van der Waals surface area (Å²) in [6.07, 6.45) is 1.45. The Bertz CT molecular complexity index is 938. The summed E-state index contributed by atoms with van der Waals surface area (Å²) >= 11 is 1.43. The van der Waals surface area contributed by atoms with Gasteiger partial charge in [0, 0.05) is 16.3 Å². The van der Waals surface area contributed by atoms with Gasteiger partial charge in [-0.05, 0) is 55.8 Å². The third-order valence-corrected chi connectivity index (χ3v) is 5.02. The summed E-state index contributed by atoms with van der Waals surface area (Å²) in [7, 11) is 0. The van der Waals surface area contributed by atoms with Crippen LogP contribution in [0.3, 0.4) is 0 Å². The highest BCUT2D eigenvalue weighted by Gasteiger charge is 2.16. The number of nitrogens with one attached hydrogen (secondary N) is 2. The molecule has 27 heavy (non-hydrogen) atoms. The third-order valence-electron chi connectivity index (χ3n) is 3.92. The SMILES string of the molecule is Cc1ccccc1NC(=O)C(C)Sc1cccc(NC(=O)c2ccco2)c1. The van der Waals surface area contributed by atoms with Gasteiger partial charge in [0.05, 0.1) is 11.5 Å². The Morgan fingerprint density at radius 1 is 1.00 bits per heavy atom. The van der Waals surface area contributed by atoms with E-state index >= 15 is 0 Å². The van der Waals surface area contributed by atoms with Crippen LogP contribution in [0.25, 0.3) is 0 Å². The van der Waals surface area contributed by atoms with Gasteiger partial charge in [0.15, 0.2) is 5.76 Å². The Labute approximate surface area is 162 Å². The highest BCUT2D eigenvalue weighted by Crippen LogP contribution is 2.27. The molecule has 6 heteroatoms. The second-order valence-corrected chi connectivity index (χ2v) is 7.44. The van der Waals surface area contributed by atoms with Crippen molar-refractivity contribution >= 4 is 35.0 Å². The van der Waals surface area contributed by atoms with E-state index in [2.05, 4.69) is 10.6 Å². The summed E-state index contributed by atoms with van der Waals surface area (Å²) < 4.78 is 5.09. The number of carbonyl (C=O) groups is 2. The highest BCUT2D eigenvalue weighted by atomic mass is 32.2. The van der Waals surface area contributed by atoms with Gasteiger partial charge in [-0.25, -0.2) is 0 Å². The minimum Gasteiger partial charge on any atom is -0.459 e. The van der Waals surface area contributed by atoms with Gasteiger partial charge < -0.3 is 15.1 Å². The van der Waals surface area contributed by atoms with Gasteiger partial charge in [-0.2, -0.15) is 0 Å². The maximum atomic E-state index is 12.5. The zero-order chi connectivity index (χ0) is 19.2. The van der Waals surface area contributed by atoms with Crippen molar-refractivity contribution in [2.75, 3.05) is 10.6 Å². The Morgan fingerprint density at radius 2 is 1.81 bits per heavy atom. The normalized spacial score (nSPS) is 11.6. The number of para-hydroxylation sites is 1. The first-order chi connectivity index (χ1) is 13.0. The number of hydrogen-bond donors (Lipinski definition) is 2. The molecule has 0 radical (unpaired) electrons. The predicted octanol–water partition coefficient (Wildman–Crippen LogP) is 4.96. The summed E-state index contributed by atoms with van der Waals surface area (Å²) in [5, 5.41) is 5.45. The Balaban J connectivity index is 1.62. The van der Waals surface area contributed by atoms with Crippen LogP contribution >= 0.6 is 11.8 Å². The molecule has 0 aliphatic carbocycles. The van der Waals surface area contributed by atoms with Crippen LogP contribution in [0.15, 0.2) is 76.2 Å². The van der Waals surface area contributed by atoms with Gasteiger partial charge in [-0.1, -0.05) is 24.3 Å². The molecule has 0 bridgehead atoms. The van der Waals surface area contributed by atoms with Crippen molar-refractivity contribution in [2.45, 2.75) is 24.0 Å². The van der Waals surface area contributed by atoms with E-state index in [0.29, 0.717) is 5.69 Å². The van der Waals surface area contributed by atoms with Crippen molar-refractivity contribution in [3.63, 3.8) is 0 Å². The maximum absolute atomic E-state index is 12.5. The van der Waals surface area contributed by atoms with Crippen molar-refractivity contribution in [2.24, 2.45) is 0 Å². The van der Waals surface area contributed by atoms with Gasteiger partial charge in [0.25, 0.3) is 5.91 Å². The van der Waals surface area contributed by atoms with Crippen LogP contribution in [0.5, 0.6) is 0 Å². The van der Waals surface area contributed by atoms with Gasteiger partial charge in [-0.15, -0.1) is 11.8 Å². The molecule has 2 N–H and O–H groups in total. The quantitative estimate of drug-likeness (QED) is 0.593. The average molecular weight is 380 g/mol. The van der Waals surface area contributed by atoms with E-state index < -0.39 is 0 Å². The fourth-order valence-electron chi connectivity index (χ4n) is 2.45. The Morgan fingerprint density at radius 3 is 2.56 bits per heavy atom. The highest BCUT2D eigenvalue weighted by molar-refractivity contribution is 8.00. The molecule has 2 amide bonds. The van der Waals surface area contributed by atoms with Crippen LogP contribution in [0.1, 0.15) is 23.0 Å². The fraction of sp³-hybridized carbons (Fsp3) is 0.143. The molecular weight excluding hydrogens is 360 g/mol. The lowest BCUT2D eigenvalue weighted by molar-refractivity contribution is -0.115. The summed E-state index contributed by atoms with van der Waals surface area (Å²) in [6.45, 7) is 3.81. The predicted molar refractivity (Wildman–Crippen MR) is 108 cm³/mol. The van der Waals surface area contributed by atoms with E-state index in [9.17, 15) is 9.59 Å². The van der Waals surface area contributed by atoms with Crippen molar-refractivity contribution in [3.8, 4) is 0 Å². The van der Waals surface area contributed by atoms with Crippen molar-refractivity contribution < 1.29 is 14.0 Å². The van der Waals surface area contributed by atoms with Crippen LogP contribution in [0.4, 0.5) is 11.4 Å². The van der Waals surface area contributed by atoms with Crippen LogP contribution in [0.2, 0.25) is 0 Å². The van der Waals surface area contributed by atoms with Crippen molar-refractivity contribution in [3.05, 3.63) is 78.3 Å². The number of benzene rings is 2.